The number of hydrogen-bond donors (Lipinski definition) is 1. The monoisotopic (exact) mass is 203 g/mol. The molecule has 0 spiro atoms. The molecule has 0 amide bonds. The SMILES string of the molecule is O=CCCn1c(CO)csc1=S. The van der Waals surface area contributed by atoms with Crippen LogP contribution in [-0.2, 0) is 17.9 Å². The third kappa shape index (κ3) is 2.00. The number of aliphatic hydroxyl groups excluding tert-OH is 1. The minimum Gasteiger partial charge on any atom is -0.390 e. The van der Waals surface area contributed by atoms with Crippen molar-refractivity contribution in [2.75, 3.05) is 0 Å². The summed E-state index contributed by atoms with van der Waals surface area (Å²) in [5.41, 5.74) is 0.784. The van der Waals surface area contributed by atoms with E-state index in [4.69, 9.17) is 17.3 Å². The summed E-state index contributed by atoms with van der Waals surface area (Å²) in [6.45, 7) is 0.549. The number of hydrogen-bond acceptors (Lipinski definition) is 4. The van der Waals surface area contributed by atoms with E-state index in [0.29, 0.717) is 16.9 Å². The fraction of sp³-hybridized carbons (Fsp3) is 0.429. The summed E-state index contributed by atoms with van der Waals surface area (Å²) in [5, 5.41) is 10.7. The minimum atomic E-state index is -0.0218. The summed E-state index contributed by atoms with van der Waals surface area (Å²) in [6.07, 6.45) is 1.29. The molecule has 66 valence electrons. The van der Waals surface area contributed by atoms with E-state index >= 15 is 0 Å². The van der Waals surface area contributed by atoms with Crippen molar-refractivity contribution < 1.29 is 9.90 Å². The van der Waals surface area contributed by atoms with Gasteiger partial charge in [-0.05, 0) is 12.2 Å². The van der Waals surface area contributed by atoms with Crippen LogP contribution in [0.1, 0.15) is 12.1 Å². The van der Waals surface area contributed by atoms with Crippen molar-refractivity contribution in [2.24, 2.45) is 0 Å². The van der Waals surface area contributed by atoms with Gasteiger partial charge in [-0.3, -0.25) is 0 Å². The third-order valence-corrected chi connectivity index (χ3v) is 2.82. The van der Waals surface area contributed by atoms with Crippen LogP contribution in [-0.4, -0.2) is 16.0 Å². The van der Waals surface area contributed by atoms with Crippen molar-refractivity contribution in [3.05, 3.63) is 15.0 Å². The van der Waals surface area contributed by atoms with E-state index in [2.05, 4.69) is 0 Å². The van der Waals surface area contributed by atoms with Gasteiger partial charge in [0.1, 0.15) is 6.29 Å². The van der Waals surface area contributed by atoms with E-state index in [9.17, 15) is 4.79 Å². The molecule has 0 aromatic carbocycles. The maximum Gasteiger partial charge on any atom is 0.161 e. The molecule has 0 fully saturated rings. The van der Waals surface area contributed by atoms with E-state index in [0.717, 1.165) is 12.0 Å². The van der Waals surface area contributed by atoms with Crippen LogP contribution in [0, 0.1) is 3.95 Å². The van der Waals surface area contributed by atoms with Crippen LogP contribution < -0.4 is 0 Å². The molecule has 0 aliphatic carbocycles. The molecule has 1 rings (SSSR count). The Hall–Kier alpha value is -0.520. The van der Waals surface area contributed by atoms with Gasteiger partial charge in [-0.25, -0.2) is 0 Å². The Morgan fingerprint density at radius 2 is 2.50 bits per heavy atom. The van der Waals surface area contributed by atoms with Crippen LogP contribution in [0.2, 0.25) is 0 Å². The summed E-state index contributed by atoms with van der Waals surface area (Å²) >= 11 is 6.41. The van der Waals surface area contributed by atoms with Gasteiger partial charge in [-0.1, -0.05) is 0 Å². The molecule has 0 aliphatic rings. The average Bonchev–Trinajstić information content (AvgIpc) is 2.43. The molecule has 1 aromatic heterocycles. The van der Waals surface area contributed by atoms with Crippen LogP contribution in [0.5, 0.6) is 0 Å². The van der Waals surface area contributed by atoms with Crippen LogP contribution >= 0.6 is 23.6 Å². The van der Waals surface area contributed by atoms with E-state index in [1.807, 2.05) is 5.38 Å². The lowest BCUT2D eigenvalue weighted by molar-refractivity contribution is -0.108. The van der Waals surface area contributed by atoms with Crippen molar-refractivity contribution in [3.63, 3.8) is 0 Å². The Balaban J connectivity index is 2.86. The van der Waals surface area contributed by atoms with Gasteiger partial charge in [-0.2, -0.15) is 0 Å². The highest BCUT2D eigenvalue weighted by atomic mass is 32.1. The summed E-state index contributed by atoms with van der Waals surface area (Å²) in [6, 6.07) is 0. The van der Waals surface area contributed by atoms with Gasteiger partial charge in [-0.15, -0.1) is 11.3 Å². The minimum absolute atomic E-state index is 0.0218. The first-order valence-corrected chi connectivity index (χ1v) is 4.80. The Morgan fingerprint density at radius 3 is 3.08 bits per heavy atom. The second-order valence-corrected chi connectivity index (χ2v) is 3.76. The van der Waals surface area contributed by atoms with Gasteiger partial charge in [0.15, 0.2) is 3.95 Å². The topological polar surface area (TPSA) is 42.2 Å². The molecule has 1 N–H and O–H groups in total. The summed E-state index contributed by atoms with van der Waals surface area (Å²) in [5.74, 6) is 0. The first kappa shape index (κ1) is 9.57. The lowest BCUT2D eigenvalue weighted by Gasteiger charge is -2.02. The van der Waals surface area contributed by atoms with Crippen molar-refractivity contribution in [1.82, 2.24) is 4.57 Å². The lowest BCUT2D eigenvalue weighted by Crippen LogP contribution is -2.03. The number of aldehydes is 1. The molecule has 0 aliphatic heterocycles. The maximum atomic E-state index is 10.1. The van der Waals surface area contributed by atoms with Gasteiger partial charge in [0.05, 0.1) is 12.3 Å². The number of carbonyl (C=O) groups excluding carboxylic acids is 1. The summed E-state index contributed by atoms with van der Waals surface area (Å²) in [4.78, 5) is 10.1. The maximum absolute atomic E-state index is 10.1. The zero-order valence-electron chi connectivity index (χ0n) is 6.40. The zero-order valence-corrected chi connectivity index (χ0v) is 8.03. The normalized spacial score (nSPS) is 10.1. The largest absolute Gasteiger partial charge is 0.390 e. The first-order chi connectivity index (χ1) is 5.79. The molecule has 12 heavy (non-hydrogen) atoms. The standard InChI is InChI=1S/C7H9NO2S2/c9-3-1-2-8-6(4-10)5-12-7(8)11/h3,5,10H,1-2,4H2. The second-order valence-electron chi connectivity index (χ2n) is 2.26. The molecule has 0 atom stereocenters. The van der Waals surface area contributed by atoms with E-state index in [1.165, 1.54) is 11.3 Å². The summed E-state index contributed by atoms with van der Waals surface area (Å²) < 4.78 is 2.50. The lowest BCUT2D eigenvalue weighted by atomic mass is 10.4. The van der Waals surface area contributed by atoms with Crippen molar-refractivity contribution in [3.8, 4) is 0 Å². The second kappa shape index (κ2) is 4.49. The van der Waals surface area contributed by atoms with Crippen LogP contribution in [0.15, 0.2) is 5.38 Å². The van der Waals surface area contributed by atoms with Crippen LogP contribution in [0.25, 0.3) is 0 Å². The highest BCUT2D eigenvalue weighted by molar-refractivity contribution is 7.73. The zero-order chi connectivity index (χ0) is 8.97. The number of carbonyl (C=O) groups is 1. The van der Waals surface area contributed by atoms with Gasteiger partial charge >= 0.3 is 0 Å². The van der Waals surface area contributed by atoms with Gasteiger partial charge in [0.2, 0.25) is 0 Å². The first-order valence-electron chi connectivity index (χ1n) is 3.51. The number of nitrogens with zero attached hydrogens (tertiary/aromatic N) is 1. The Labute approximate surface area is 79.3 Å². The molecule has 1 aromatic rings. The summed E-state index contributed by atoms with van der Waals surface area (Å²) in [7, 11) is 0. The van der Waals surface area contributed by atoms with E-state index < -0.39 is 0 Å². The molecular formula is C7H9NO2S2. The molecule has 3 nitrogen and oxygen atoms in total. The van der Waals surface area contributed by atoms with E-state index in [-0.39, 0.29) is 6.61 Å². The Morgan fingerprint density at radius 1 is 1.75 bits per heavy atom. The predicted octanol–water partition coefficient (Wildman–Crippen LogP) is 1.36. The van der Waals surface area contributed by atoms with Crippen molar-refractivity contribution in [2.45, 2.75) is 19.6 Å². The molecule has 5 heteroatoms. The molecular weight excluding hydrogens is 194 g/mol. The predicted molar refractivity (Wildman–Crippen MR) is 49.7 cm³/mol. The highest BCUT2D eigenvalue weighted by Crippen LogP contribution is 2.11. The van der Waals surface area contributed by atoms with Gasteiger partial charge < -0.3 is 14.5 Å². The van der Waals surface area contributed by atoms with E-state index in [1.54, 1.807) is 4.57 Å². The van der Waals surface area contributed by atoms with Gasteiger partial charge in [0, 0.05) is 18.3 Å². The number of aromatic nitrogens is 1. The molecule has 0 saturated heterocycles. The van der Waals surface area contributed by atoms with Crippen LogP contribution in [0.4, 0.5) is 0 Å². The number of rotatable bonds is 4. The quantitative estimate of drug-likeness (QED) is 0.593. The fourth-order valence-corrected chi connectivity index (χ4v) is 2.03. The smallest absolute Gasteiger partial charge is 0.161 e. The Bertz CT molecular complexity index is 315. The molecule has 0 unspecified atom stereocenters. The number of aliphatic hydroxyl groups is 1. The van der Waals surface area contributed by atoms with Crippen molar-refractivity contribution >= 4 is 29.8 Å². The fourth-order valence-electron chi connectivity index (χ4n) is 0.902. The Kier molecular flexibility index (Phi) is 3.58. The molecule has 0 radical (unpaired) electrons. The number of thiazole rings is 1. The average molecular weight is 203 g/mol. The highest BCUT2D eigenvalue weighted by Gasteiger charge is 2.01. The van der Waals surface area contributed by atoms with Gasteiger partial charge in [0.25, 0.3) is 0 Å². The van der Waals surface area contributed by atoms with Crippen molar-refractivity contribution in [1.29, 1.82) is 0 Å². The van der Waals surface area contributed by atoms with Crippen LogP contribution in [0.3, 0.4) is 0 Å². The molecule has 0 bridgehead atoms. The third-order valence-electron chi connectivity index (χ3n) is 1.50. The molecule has 0 saturated carbocycles. The molecule has 1 heterocycles.